The molecule has 162 valence electrons. The standard InChI is InChI=1S/C21H16N4O5S2/c1-12-3-6-18-23-14(7-19(26)24(18)9-12)10-30-20(27)16-8-15(25(28)29)4-5-17(16)32-21-22-13(2)11-31-21/h3-9,11H,10H2,1-2H3. The van der Waals surface area contributed by atoms with Crippen molar-refractivity contribution in [3.05, 3.63) is 91.0 Å². The van der Waals surface area contributed by atoms with E-state index < -0.39 is 10.9 Å². The van der Waals surface area contributed by atoms with Gasteiger partial charge in [0.25, 0.3) is 11.2 Å². The summed E-state index contributed by atoms with van der Waals surface area (Å²) in [5.41, 5.74) is 1.98. The van der Waals surface area contributed by atoms with Gasteiger partial charge in [-0.25, -0.2) is 14.8 Å². The quantitative estimate of drug-likeness (QED) is 0.235. The van der Waals surface area contributed by atoms with Crippen molar-refractivity contribution in [3.8, 4) is 0 Å². The third-order valence-corrected chi connectivity index (χ3v) is 6.53. The molecule has 0 aliphatic carbocycles. The monoisotopic (exact) mass is 468 g/mol. The second-order valence-corrected chi connectivity index (χ2v) is 9.04. The molecule has 3 aromatic heterocycles. The molecule has 0 spiro atoms. The fourth-order valence-electron chi connectivity index (χ4n) is 2.90. The predicted octanol–water partition coefficient (Wildman–Crippen LogP) is 4.18. The lowest BCUT2D eigenvalue weighted by atomic mass is 10.2. The molecule has 0 unspecified atom stereocenters. The van der Waals surface area contributed by atoms with Crippen molar-refractivity contribution in [1.82, 2.24) is 14.4 Å². The van der Waals surface area contributed by atoms with Crippen molar-refractivity contribution in [1.29, 1.82) is 0 Å². The summed E-state index contributed by atoms with van der Waals surface area (Å²) in [6.45, 7) is 3.47. The molecule has 0 fully saturated rings. The molecule has 32 heavy (non-hydrogen) atoms. The summed E-state index contributed by atoms with van der Waals surface area (Å²) in [4.78, 5) is 45.0. The lowest BCUT2D eigenvalue weighted by Crippen LogP contribution is -2.17. The van der Waals surface area contributed by atoms with E-state index in [0.717, 1.165) is 11.3 Å². The van der Waals surface area contributed by atoms with Gasteiger partial charge in [-0.15, -0.1) is 11.3 Å². The first kappa shape index (κ1) is 21.7. The molecule has 0 bridgehead atoms. The summed E-state index contributed by atoms with van der Waals surface area (Å²) in [5, 5.41) is 13.1. The maximum atomic E-state index is 12.8. The van der Waals surface area contributed by atoms with Crippen molar-refractivity contribution in [2.45, 2.75) is 29.7 Å². The number of aryl methyl sites for hydroxylation is 2. The number of ether oxygens (including phenoxy) is 1. The molecule has 1 aromatic carbocycles. The van der Waals surface area contributed by atoms with Crippen molar-refractivity contribution in [2.75, 3.05) is 0 Å². The van der Waals surface area contributed by atoms with Crippen LogP contribution < -0.4 is 5.56 Å². The highest BCUT2D eigenvalue weighted by atomic mass is 32.2. The minimum absolute atomic E-state index is 0.0465. The van der Waals surface area contributed by atoms with Crippen molar-refractivity contribution in [3.63, 3.8) is 0 Å². The van der Waals surface area contributed by atoms with Crippen LogP contribution in [0.4, 0.5) is 5.69 Å². The molecule has 0 radical (unpaired) electrons. The Bertz CT molecular complexity index is 1410. The van der Waals surface area contributed by atoms with Gasteiger partial charge in [0.15, 0.2) is 4.34 Å². The lowest BCUT2D eigenvalue weighted by Gasteiger charge is -2.09. The van der Waals surface area contributed by atoms with Gasteiger partial charge in [0.1, 0.15) is 12.3 Å². The highest BCUT2D eigenvalue weighted by Crippen LogP contribution is 2.34. The average Bonchev–Trinajstić information content (AvgIpc) is 3.17. The number of hydrogen-bond donors (Lipinski definition) is 0. The number of nitrogens with zero attached hydrogens (tertiary/aromatic N) is 4. The maximum Gasteiger partial charge on any atom is 0.339 e. The van der Waals surface area contributed by atoms with Crippen LogP contribution in [-0.2, 0) is 11.3 Å². The van der Waals surface area contributed by atoms with E-state index in [1.807, 2.05) is 25.3 Å². The predicted molar refractivity (Wildman–Crippen MR) is 119 cm³/mol. The number of fused-ring (bicyclic) bond motifs is 1. The molecule has 0 aliphatic rings. The number of carbonyl (C=O) groups is 1. The van der Waals surface area contributed by atoms with E-state index in [1.165, 1.54) is 51.8 Å². The molecule has 0 amide bonds. The van der Waals surface area contributed by atoms with Crippen LogP contribution in [0.25, 0.3) is 5.65 Å². The molecule has 0 atom stereocenters. The number of thiazole rings is 1. The van der Waals surface area contributed by atoms with Crippen LogP contribution in [0.2, 0.25) is 0 Å². The number of pyridine rings is 1. The van der Waals surface area contributed by atoms with Crippen LogP contribution in [0.5, 0.6) is 0 Å². The molecule has 4 aromatic rings. The number of aromatic nitrogens is 3. The number of hydrogen-bond acceptors (Lipinski definition) is 9. The number of non-ortho nitro benzene ring substituents is 1. The number of esters is 1. The summed E-state index contributed by atoms with van der Waals surface area (Å²) in [6, 6.07) is 8.82. The highest BCUT2D eigenvalue weighted by molar-refractivity contribution is 8.01. The van der Waals surface area contributed by atoms with Crippen LogP contribution in [0, 0.1) is 24.0 Å². The number of rotatable bonds is 6. The number of nitro groups is 1. The summed E-state index contributed by atoms with van der Waals surface area (Å²) >= 11 is 2.63. The van der Waals surface area contributed by atoms with Gasteiger partial charge in [0, 0.05) is 40.4 Å². The highest BCUT2D eigenvalue weighted by Gasteiger charge is 2.20. The van der Waals surface area contributed by atoms with Crippen molar-refractivity contribution < 1.29 is 14.5 Å². The number of carbonyl (C=O) groups excluding carboxylic acids is 1. The molecule has 9 nitrogen and oxygen atoms in total. The van der Waals surface area contributed by atoms with E-state index in [0.29, 0.717) is 14.9 Å². The van der Waals surface area contributed by atoms with Crippen LogP contribution >= 0.6 is 23.1 Å². The van der Waals surface area contributed by atoms with E-state index in [4.69, 9.17) is 4.74 Å². The van der Waals surface area contributed by atoms with E-state index in [-0.39, 0.29) is 29.1 Å². The minimum atomic E-state index is -0.754. The smallest absolute Gasteiger partial charge is 0.339 e. The van der Waals surface area contributed by atoms with Gasteiger partial charge in [-0.3, -0.25) is 19.3 Å². The Hall–Kier alpha value is -3.57. The first-order chi connectivity index (χ1) is 15.3. The first-order valence-corrected chi connectivity index (χ1v) is 11.0. The Labute approximate surface area is 189 Å². The van der Waals surface area contributed by atoms with E-state index in [2.05, 4.69) is 9.97 Å². The molecule has 4 rings (SSSR count). The average molecular weight is 469 g/mol. The second-order valence-electron chi connectivity index (χ2n) is 6.89. The zero-order valence-electron chi connectivity index (χ0n) is 17.0. The SMILES string of the molecule is Cc1ccc2nc(COC(=O)c3cc([N+](=O)[O-])ccc3Sc3nc(C)cs3)cc(=O)n2c1. The van der Waals surface area contributed by atoms with E-state index in [1.54, 1.807) is 12.3 Å². The summed E-state index contributed by atoms with van der Waals surface area (Å²) < 4.78 is 7.47. The molecule has 0 N–H and O–H groups in total. The second kappa shape index (κ2) is 8.89. The van der Waals surface area contributed by atoms with Gasteiger partial charge in [-0.2, -0.15) is 0 Å². The van der Waals surface area contributed by atoms with E-state index >= 15 is 0 Å². The molecule has 11 heteroatoms. The van der Waals surface area contributed by atoms with Crippen LogP contribution in [0.15, 0.2) is 62.0 Å². The van der Waals surface area contributed by atoms with Gasteiger partial charge in [0.2, 0.25) is 0 Å². The van der Waals surface area contributed by atoms with Crippen LogP contribution in [0.3, 0.4) is 0 Å². The topological polar surface area (TPSA) is 117 Å². The Kier molecular flexibility index (Phi) is 6.01. The van der Waals surface area contributed by atoms with E-state index in [9.17, 15) is 19.7 Å². The third-order valence-electron chi connectivity index (χ3n) is 4.40. The van der Waals surface area contributed by atoms with Gasteiger partial charge < -0.3 is 4.74 Å². The molecular weight excluding hydrogens is 452 g/mol. The molecule has 0 saturated carbocycles. The van der Waals surface area contributed by atoms with Gasteiger partial charge in [-0.1, -0.05) is 17.8 Å². The first-order valence-electron chi connectivity index (χ1n) is 9.34. The van der Waals surface area contributed by atoms with Gasteiger partial charge in [0.05, 0.1) is 16.2 Å². The van der Waals surface area contributed by atoms with Crippen molar-refractivity contribution >= 4 is 40.4 Å². The molecule has 0 aliphatic heterocycles. The van der Waals surface area contributed by atoms with Gasteiger partial charge >= 0.3 is 5.97 Å². The lowest BCUT2D eigenvalue weighted by molar-refractivity contribution is -0.384. The Balaban J connectivity index is 1.60. The van der Waals surface area contributed by atoms with Crippen LogP contribution in [-0.4, -0.2) is 25.3 Å². The fourth-order valence-corrected chi connectivity index (χ4v) is 4.80. The normalized spacial score (nSPS) is 10.9. The van der Waals surface area contributed by atoms with Crippen molar-refractivity contribution in [2.24, 2.45) is 0 Å². The van der Waals surface area contributed by atoms with Crippen LogP contribution in [0.1, 0.15) is 27.3 Å². The Morgan fingerprint density at radius 1 is 1.22 bits per heavy atom. The maximum absolute atomic E-state index is 12.8. The Morgan fingerprint density at radius 3 is 2.75 bits per heavy atom. The summed E-state index contributed by atoms with van der Waals surface area (Å²) in [7, 11) is 0. The zero-order valence-corrected chi connectivity index (χ0v) is 18.6. The molecule has 0 saturated heterocycles. The number of benzene rings is 1. The van der Waals surface area contributed by atoms with Gasteiger partial charge in [-0.05, 0) is 31.5 Å². The summed E-state index contributed by atoms with van der Waals surface area (Å²) in [5.74, 6) is -0.754. The molecule has 3 heterocycles. The summed E-state index contributed by atoms with van der Waals surface area (Å²) in [6.07, 6.45) is 1.67. The molecular formula is C21H16N4O5S2. The fraction of sp³-hybridized carbons (Fsp3) is 0.143. The number of nitro benzene ring substituents is 1. The zero-order chi connectivity index (χ0) is 22.8. The largest absolute Gasteiger partial charge is 0.456 e. The minimum Gasteiger partial charge on any atom is -0.456 e. The third kappa shape index (κ3) is 4.68. The Morgan fingerprint density at radius 2 is 2.03 bits per heavy atom.